The monoisotopic (exact) mass is 324 g/mol. The lowest BCUT2D eigenvalue weighted by Gasteiger charge is -2.22. The Morgan fingerprint density at radius 1 is 1.38 bits per heavy atom. The largest absolute Gasteiger partial charge is 0.308 e. The number of aryl methyl sites for hydroxylation is 1. The van der Waals surface area contributed by atoms with Gasteiger partial charge in [0.05, 0.1) is 6.20 Å². The minimum atomic E-state index is -0.352. The topological polar surface area (TPSA) is 50.5 Å². The summed E-state index contributed by atoms with van der Waals surface area (Å²) in [4.78, 5) is 19.2. The molecule has 0 aliphatic heterocycles. The molecule has 1 fully saturated rings. The number of aromatic nitrogens is 3. The van der Waals surface area contributed by atoms with Crippen LogP contribution in [0.5, 0.6) is 0 Å². The molecule has 0 bridgehead atoms. The van der Waals surface area contributed by atoms with Crippen LogP contribution >= 0.6 is 0 Å². The summed E-state index contributed by atoms with van der Waals surface area (Å²) in [6, 6.07) is 7.99. The molecule has 2 aromatic heterocycles. The third kappa shape index (κ3) is 2.75. The number of benzene rings is 1. The number of carbonyl (C=O) groups is 1. The van der Waals surface area contributed by atoms with E-state index in [9.17, 15) is 9.18 Å². The van der Waals surface area contributed by atoms with Crippen LogP contribution in [0.25, 0.3) is 5.65 Å². The van der Waals surface area contributed by atoms with Crippen molar-refractivity contribution in [2.45, 2.75) is 19.8 Å². The molecule has 1 aliphatic carbocycles. The molecule has 4 rings (SSSR count). The van der Waals surface area contributed by atoms with E-state index in [0.717, 1.165) is 18.5 Å². The predicted molar refractivity (Wildman–Crippen MR) is 88.5 cm³/mol. The molecule has 1 saturated carbocycles. The van der Waals surface area contributed by atoms with Gasteiger partial charge in [0, 0.05) is 24.1 Å². The number of hydrogen-bond donors (Lipinski definition) is 0. The first kappa shape index (κ1) is 14.8. The number of rotatable bonds is 4. The van der Waals surface area contributed by atoms with E-state index >= 15 is 0 Å². The maximum Gasteiger partial charge on any atom is 0.263 e. The number of nitrogens with zero attached hydrogens (tertiary/aromatic N) is 4. The molecule has 0 spiro atoms. The molecule has 24 heavy (non-hydrogen) atoms. The summed E-state index contributed by atoms with van der Waals surface area (Å²) in [6.45, 7) is 2.46. The van der Waals surface area contributed by atoms with Crippen LogP contribution in [0.15, 0.2) is 42.7 Å². The zero-order chi connectivity index (χ0) is 16.7. The van der Waals surface area contributed by atoms with Crippen molar-refractivity contribution >= 4 is 17.2 Å². The molecular weight excluding hydrogens is 307 g/mol. The number of hydrogen-bond acceptors (Lipinski definition) is 3. The highest BCUT2D eigenvalue weighted by atomic mass is 19.1. The standard InChI is InChI=1S/C18H17FN4O/c1-12-7-8-23-17(21-12)16(10-20-23)18(24)22(11-13-5-6-13)15-4-2-3-14(19)9-15/h2-4,7-10,13H,5-6,11H2,1H3. The number of anilines is 1. The molecule has 6 heteroatoms. The second-order valence-corrected chi connectivity index (χ2v) is 6.23. The molecular formula is C18H17FN4O. The van der Waals surface area contributed by atoms with Crippen LogP contribution in [0.4, 0.5) is 10.1 Å². The van der Waals surface area contributed by atoms with E-state index < -0.39 is 0 Å². The molecule has 5 nitrogen and oxygen atoms in total. The highest BCUT2D eigenvalue weighted by Crippen LogP contribution is 2.32. The van der Waals surface area contributed by atoms with Gasteiger partial charge in [0.1, 0.15) is 11.4 Å². The van der Waals surface area contributed by atoms with Gasteiger partial charge in [0.2, 0.25) is 0 Å². The minimum absolute atomic E-state index is 0.194. The Bertz CT molecular complexity index is 916. The van der Waals surface area contributed by atoms with Crippen molar-refractivity contribution in [1.29, 1.82) is 0 Å². The van der Waals surface area contributed by atoms with Crippen LogP contribution in [-0.4, -0.2) is 27.0 Å². The number of carbonyl (C=O) groups excluding carboxylic acids is 1. The molecule has 0 N–H and O–H groups in total. The van der Waals surface area contributed by atoms with Gasteiger partial charge in [-0.25, -0.2) is 13.9 Å². The van der Waals surface area contributed by atoms with E-state index in [1.165, 1.54) is 18.3 Å². The van der Waals surface area contributed by atoms with Crippen molar-refractivity contribution in [3.63, 3.8) is 0 Å². The Hall–Kier alpha value is -2.76. The lowest BCUT2D eigenvalue weighted by molar-refractivity contribution is 0.0987. The van der Waals surface area contributed by atoms with Gasteiger partial charge in [0.25, 0.3) is 5.91 Å². The first-order chi connectivity index (χ1) is 11.6. The Morgan fingerprint density at radius 2 is 2.21 bits per heavy atom. The Labute approximate surface area is 138 Å². The van der Waals surface area contributed by atoms with Gasteiger partial charge in [-0.05, 0) is 49.9 Å². The van der Waals surface area contributed by atoms with Crippen molar-refractivity contribution in [3.05, 3.63) is 59.8 Å². The average molecular weight is 324 g/mol. The molecule has 0 unspecified atom stereocenters. The van der Waals surface area contributed by atoms with Crippen molar-refractivity contribution in [3.8, 4) is 0 Å². The molecule has 1 aliphatic rings. The molecule has 2 heterocycles. The summed E-state index contributed by atoms with van der Waals surface area (Å²) in [7, 11) is 0. The van der Waals surface area contributed by atoms with Gasteiger partial charge in [0.15, 0.2) is 5.65 Å². The maximum absolute atomic E-state index is 13.6. The summed E-state index contributed by atoms with van der Waals surface area (Å²) in [5, 5.41) is 4.20. The normalized spacial score (nSPS) is 14.1. The smallest absolute Gasteiger partial charge is 0.263 e. The summed E-state index contributed by atoms with van der Waals surface area (Å²) < 4.78 is 15.2. The van der Waals surface area contributed by atoms with Crippen LogP contribution in [-0.2, 0) is 0 Å². The highest BCUT2D eigenvalue weighted by molar-refractivity contribution is 6.09. The molecule has 122 valence electrons. The average Bonchev–Trinajstić information content (AvgIpc) is 3.30. The van der Waals surface area contributed by atoms with Gasteiger partial charge >= 0.3 is 0 Å². The van der Waals surface area contributed by atoms with Crippen LogP contribution in [0.1, 0.15) is 28.9 Å². The van der Waals surface area contributed by atoms with E-state index in [0.29, 0.717) is 29.4 Å². The maximum atomic E-state index is 13.6. The number of fused-ring (bicyclic) bond motifs is 1. The van der Waals surface area contributed by atoms with Crippen LogP contribution in [0.2, 0.25) is 0 Å². The Morgan fingerprint density at radius 3 is 2.96 bits per heavy atom. The highest BCUT2D eigenvalue weighted by Gasteiger charge is 2.30. The van der Waals surface area contributed by atoms with Crippen molar-refractivity contribution < 1.29 is 9.18 Å². The van der Waals surface area contributed by atoms with E-state index in [4.69, 9.17) is 0 Å². The zero-order valence-corrected chi connectivity index (χ0v) is 13.3. The zero-order valence-electron chi connectivity index (χ0n) is 13.3. The first-order valence-electron chi connectivity index (χ1n) is 8.00. The lowest BCUT2D eigenvalue weighted by Crippen LogP contribution is -2.33. The van der Waals surface area contributed by atoms with Gasteiger partial charge < -0.3 is 4.90 Å². The van der Waals surface area contributed by atoms with E-state index in [1.807, 2.05) is 13.0 Å². The van der Waals surface area contributed by atoms with Crippen molar-refractivity contribution in [2.75, 3.05) is 11.4 Å². The molecule has 3 aromatic rings. The van der Waals surface area contributed by atoms with E-state index in [2.05, 4.69) is 10.1 Å². The second kappa shape index (κ2) is 5.70. The summed E-state index contributed by atoms with van der Waals surface area (Å²) in [5.74, 6) is -0.0655. The number of amides is 1. The molecule has 0 radical (unpaired) electrons. The first-order valence-corrected chi connectivity index (χ1v) is 8.00. The summed E-state index contributed by atoms with van der Waals surface area (Å²) >= 11 is 0. The summed E-state index contributed by atoms with van der Waals surface area (Å²) in [6.07, 6.45) is 5.52. The van der Waals surface area contributed by atoms with E-state index in [1.54, 1.807) is 27.7 Å². The second-order valence-electron chi connectivity index (χ2n) is 6.23. The third-order valence-corrected chi connectivity index (χ3v) is 4.24. The minimum Gasteiger partial charge on any atom is -0.308 e. The lowest BCUT2D eigenvalue weighted by atomic mass is 10.2. The Kier molecular flexibility index (Phi) is 3.52. The molecule has 0 saturated heterocycles. The van der Waals surface area contributed by atoms with Crippen LogP contribution < -0.4 is 4.90 Å². The third-order valence-electron chi connectivity index (χ3n) is 4.24. The molecule has 1 amide bonds. The van der Waals surface area contributed by atoms with Crippen molar-refractivity contribution in [2.24, 2.45) is 5.92 Å². The van der Waals surface area contributed by atoms with Crippen LogP contribution in [0, 0.1) is 18.7 Å². The quantitative estimate of drug-likeness (QED) is 0.740. The predicted octanol–water partition coefficient (Wildman–Crippen LogP) is 3.23. The van der Waals surface area contributed by atoms with Gasteiger partial charge in [-0.15, -0.1) is 0 Å². The SMILES string of the molecule is Cc1ccn2ncc(C(=O)N(CC3CC3)c3cccc(F)c3)c2n1. The fraction of sp³-hybridized carbons (Fsp3) is 0.278. The summed E-state index contributed by atoms with van der Waals surface area (Å²) in [5.41, 5.74) is 2.34. The molecule has 1 aromatic carbocycles. The van der Waals surface area contributed by atoms with Gasteiger partial charge in [-0.2, -0.15) is 5.10 Å². The van der Waals surface area contributed by atoms with Gasteiger partial charge in [-0.3, -0.25) is 4.79 Å². The van der Waals surface area contributed by atoms with Crippen molar-refractivity contribution in [1.82, 2.24) is 14.6 Å². The van der Waals surface area contributed by atoms with Gasteiger partial charge in [-0.1, -0.05) is 6.07 Å². The fourth-order valence-corrected chi connectivity index (χ4v) is 2.76. The fourth-order valence-electron chi connectivity index (χ4n) is 2.76. The number of halogens is 1. The van der Waals surface area contributed by atoms with Crippen LogP contribution in [0.3, 0.4) is 0 Å². The molecule has 0 atom stereocenters. The van der Waals surface area contributed by atoms with E-state index in [-0.39, 0.29) is 11.7 Å². The Balaban J connectivity index is 1.76.